The summed E-state index contributed by atoms with van der Waals surface area (Å²) in [4.78, 5) is 26.2. The SMILES string of the molecule is C[C@@H](O[Si](C)(C)C(C)(C)C)[C@H]1C(=O)N2C(C(=O)O)=C(S[C@H]3CC[S@@](=O)C3)S[C@H]12. The fourth-order valence-electron chi connectivity index (χ4n) is 3.42. The Bertz CT molecular complexity index is 748. The highest BCUT2D eigenvalue weighted by atomic mass is 32.2. The monoisotopic (exact) mass is 463 g/mol. The molecule has 1 amide bonds. The van der Waals surface area contributed by atoms with Gasteiger partial charge >= 0.3 is 5.97 Å². The van der Waals surface area contributed by atoms with E-state index in [0.29, 0.717) is 15.7 Å². The molecule has 3 aliphatic rings. The number of carboxylic acids is 1. The number of thioether (sulfide) groups is 2. The topological polar surface area (TPSA) is 83.9 Å². The van der Waals surface area contributed by atoms with Gasteiger partial charge in [-0.25, -0.2) is 4.79 Å². The van der Waals surface area contributed by atoms with Crippen LogP contribution in [0.3, 0.4) is 0 Å². The van der Waals surface area contributed by atoms with E-state index in [1.807, 2.05) is 6.92 Å². The van der Waals surface area contributed by atoms with Gasteiger partial charge in [0.2, 0.25) is 5.91 Å². The first-order valence-electron chi connectivity index (χ1n) is 9.50. The molecule has 0 aromatic heterocycles. The zero-order valence-corrected chi connectivity index (χ0v) is 20.6. The van der Waals surface area contributed by atoms with Crippen molar-refractivity contribution in [2.75, 3.05) is 11.5 Å². The summed E-state index contributed by atoms with van der Waals surface area (Å²) < 4.78 is 18.8. The van der Waals surface area contributed by atoms with Crippen molar-refractivity contribution in [1.29, 1.82) is 0 Å². The van der Waals surface area contributed by atoms with E-state index >= 15 is 0 Å². The smallest absolute Gasteiger partial charge is 0.354 e. The Morgan fingerprint density at radius 3 is 2.57 bits per heavy atom. The molecule has 0 unspecified atom stereocenters. The van der Waals surface area contributed by atoms with Crippen molar-refractivity contribution in [2.24, 2.45) is 5.92 Å². The zero-order chi connectivity index (χ0) is 21.0. The molecule has 158 valence electrons. The summed E-state index contributed by atoms with van der Waals surface area (Å²) in [6.07, 6.45) is 0.571. The number of β-lactam (4-membered cyclic amide) rings is 1. The zero-order valence-electron chi connectivity index (χ0n) is 17.2. The molecule has 2 saturated heterocycles. The van der Waals surface area contributed by atoms with Crippen LogP contribution in [0.25, 0.3) is 0 Å². The van der Waals surface area contributed by atoms with E-state index < -0.39 is 25.1 Å². The van der Waals surface area contributed by atoms with Gasteiger partial charge in [-0.05, 0) is 31.5 Å². The molecule has 0 aromatic carbocycles. The lowest BCUT2D eigenvalue weighted by Gasteiger charge is -2.48. The van der Waals surface area contributed by atoms with Gasteiger partial charge < -0.3 is 9.53 Å². The van der Waals surface area contributed by atoms with E-state index in [-0.39, 0.29) is 39.3 Å². The quantitative estimate of drug-likeness (QED) is 0.477. The number of hydrogen-bond acceptors (Lipinski definition) is 6. The van der Waals surface area contributed by atoms with Gasteiger partial charge in [0.05, 0.1) is 16.3 Å². The van der Waals surface area contributed by atoms with Crippen molar-refractivity contribution < 1.29 is 23.3 Å². The number of carbonyl (C=O) groups excluding carboxylic acids is 1. The first-order chi connectivity index (χ1) is 12.8. The predicted octanol–water partition coefficient (Wildman–Crippen LogP) is 3.44. The van der Waals surface area contributed by atoms with E-state index in [0.717, 1.165) is 6.42 Å². The number of amides is 1. The molecule has 0 saturated carbocycles. The van der Waals surface area contributed by atoms with Crippen LogP contribution in [0.5, 0.6) is 0 Å². The van der Waals surface area contributed by atoms with Crippen LogP contribution in [-0.2, 0) is 24.8 Å². The maximum Gasteiger partial charge on any atom is 0.354 e. The second-order valence-electron chi connectivity index (χ2n) is 9.11. The molecule has 0 aliphatic carbocycles. The Kier molecular flexibility index (Phi) is 6.20. The van der Waals surface area contributed by atoms with Crippen LogP contribution in [0.4, 0.5) is 0 Å². The molecule has 2 fully saturated rings. The average Bonchev–Trinajstić information content (AvgIpc) is 3.07. The number of carboxylic acid groups (broad SMARTS) is 1. The van der Waals surface area contributed by atoms with Gasteiger partial charge in [-0.1, -0.05) is 32.5 Å². The highest BCUT2D eigenvalue weighted by molar-refractivity contribution is 8.23. The Balaban J connectivity index is 1.74. The molecule has 3 rings (SSSR count). The number of nitrogens with zero attached hydrogens (tertiary/aromatic N) is 1. The van der Waals surface area contributed by atoms with Gasteiger partial charge in [0.1, 0.15) is 5.37 Å². The van der Waals surface area contributed by atoms with Crippen molar-refractivity contribution in [1.82, 2.24) is 4.90 Å². The minimum absolute atomic E-state index is 0.0418. The summed E-state index contributed by atoms with van der Waals surface area (Å²) in [5.74, 6) is -0.295. The number of carbonyl (C=O) groups is 2. The van der Waals surface area contributed by atoms with E-state index in [1.54, 1.807) is 0 Å². The third-order valence-electron chi connectivity index (χ3n) is 6.05. The van der Waals surface area contributed by atoms with Crippen LogP contribution in [0.2, 0.25) is 18.1 Å². The van der Waals surface area contributed by atoms with Crippen LogP contribution >= 0.6 is 23.5 Å². The molecule has 5 atom stereocenters. The van der Waals surface area contributed by atoms with E-state index in [4.69, 9.17) is 4.43 Å². The lowest BCUT2D eigenvalue weighted by atomic mass is 9.92. The molecule has 0 aromatic rings. The minimum Gasteiger partial charge on any atom is -0.477 e. The molecule has 0 radical (unpaired) electrons. The second-order valence-corrected chi connectivity index (χ2v) is 18.2. The summed E-state index contributed by atoms with van der Waals surface area (Å²) in [5, 5.41) is 9.69. The first-order valence-corrected chi connectivity index (χ1v) is 15.7. The highest BCUT2D eigenvalue weighted by Crippen LogP contribution is 2.55. The molecular weight excluding hydrogens is 434 g/mol. The molecular formula is C18H29NO5S3Si. The number of hydrogen-bond donors (Lipinski definition) is 1. The van der Waals surface area contributed by atoms with Gasteiger partial charge in [-0.15, -0.1) is 11.8 Å². The molecule has 10 heteroatoms. The molecule has 6 nitrogen and oxygen atoms in total. The molecule has 3 aliphatic heterocycles. The maximum atomic E-state index is 12.9. The van der Waals surface area contributed by atoms with Crippen molar-refractivity contribution in [3.05, 3.63) is 9.93 Å². The van der Waals surface area contributed by atoms with E-state index in [9.17, 15) is 18.9 Å². The first kappa shape index (κ1) is 22.4. The average molecular weight is 464 g/mol. The van der Waals surface area contributed by atoms with Crippen molar-refractivity contribution in [3.63, 3.8) is 0 Å². The Hall–Kier alpha value is -0.293. The van der Waals surface area contributed by atoms with Crippen LogP contribution in [0.15, 0.2) is 9.93 Å². The largest absolute Gasteiger partial charge is 0.477 e. The fourth-order valence-corrected chi connectivity index (χ4v) is 10.1. The van der Waals surface area contributed by atoms with Gasteiger partial charge in [0.15, 0.2) is 14.0 Å². The molecule has 1 N–H and O–H groups in total. The Labute approximate surface area is 178 Å². The van der Waals surface area contributed by atoms with Crippen molar-refractivity contribution >= 4 is 54.5 Å². The highest BCUT2D eigenvalue weighted by Gasteiger charge is 2.59. The van der Waals surface area contributed by atoms with E-state index in [2.05, 4.69) is 33.9 Å². The van der Waals surface area contributed by atoms with Crippen LogP contribution in [-0.4, -0.2) is 62.6 Å². The normalized spacial score (nSPS) is 31.8. The van der Waals surface area contributed by atoms with Crippen molar-refractivity contribution in [3.8, 4) is 0 Å². The molecule has 28 heavy (non-hydrogen) atoms. The Morgan fingerprint density at radius 2 is 2.07 bits per heavy atom. The Morgan fingerprint density at radius 1 is 1.43 bits per heavy atom. The standard InChI is InChI=1S/C18H29NO5S3Si/c1-10(24-28(5,6)18(2,3)4)12-14(20)19-13(16(21)22)17(26-15(12)19)25-11-7-8-27(23)9-11/h10-12,15H,7-9H2,1-6H3,(H,21,22)/t10-,11+,12+,15-,27-/m1/s1. The summed E-state index contributed by atoms with van der Waals surface area (Å²) in [7, 11) is -2.84. The third-order valence-corrected chi connectivity index (χ3v) is 15.2. The minimum atomic E-state index is -2.03. The van der Waals surface area contributed by atoms with Gasteiger partial charge in [-0.3, -0.25) is 13.9 Å². The fraction of sp³-hybridized carbons (Fsp3) is 0.778. The van der Waals surface area contributed by atoms with Crippen molar-refractivity contribution in [2.45, 2.75) is 69.0 Å². The third kappa shape index (κ3) is 3.99. The summed E-state index contributed by atoms with van der Waals surface area (Å²) in [6.45, 7) is 12.7. The molecule has 0 bridgehead atoms. The predicted molar refractivity (Wildman–Crippen MR) is 118 cm³/mol. The van der Waals surface area contributed by atoms with Crippen LogP contribution in [0, 0.1) is 5.92 Å². The second kappa shape index (κ2) is 7.75. The van der Waals surface area contributed by atoms with E-state index in [1.165, 1.54) is 28.4 Å². The maximum absolute atomic E-state index is 12.9. The van der Waals surface area contributed by atoms with Gasteiger partial charge in [0.25, 0.3) is 0 Å². The summed E-state index contributed by atoms with van der Waals surface area (Å²) in [6, 6.07) is 0. The summed E-state index contributed by atoms with van der Waals surface area (Å²) >= 11 is 2.94. The van der Waals surface area contributed by atoms with Gasteiger partial charge in [0, 0.05) is 27.6 Å². The van der Waals surface area contributed by atoms with Crippen LogP contribution in [0.1, 0.15) is 34.1 Å². The number of rotatable bonds is 6. The lowest BCUT2D eigenvalue weighted by molar-refractivity contribution is -0.156. The molecule has 3 heterocycles. The van der Waals surface area contributed by atoms with Gasteiger partial charge in [-0.2, -0.15) is 0 Å². The summed E-state index contributed by atoms with van der Waals surface area (Å²) in [5.41, 5.74) is 0.0958. The molecule has 0 spiro atoms. The number of aliphatic carboxylic acids is 1. The lowest BCUT2D eigenvalue weighted by Crippen LogP contribution is -2.62. The number of fused-ring (bicyclic) bond motifs is 1. The van der Waals surface area contributed by atoms with Crippen LogP contribution < -0.4 is 0 Å².